The van der Waals surface area contributed by atoms with E-state index in [4.69, 9.17) is 10.7 Å². The average Bonchev–Trinajstić information content (AvgIpc) is 2.82. The summed E-state index contributed by atoms with van der Waals surface area (Å²) in [5.74, 6) is 2.25. The summed E-state index contributed by atoms with van der Waals surface area (Å²) < 4.78 is 2.18. The van der Waals surface area contributed by atoms with E-state index >= 15 is 0 Å². The van der Waals surface area contributed by atoms with Crippen molar-refractivity contribution in [2.75, 3.05) is 5.73 Å². The number of hydrogen-bond donors (Lipinski definition) is 1. The molecule has 1 atom stereocenters. The molecular weight excluding hydrogens is 246 g/mol. The highest BCUT2D eigenvalue weighted by Gasteiger charge is 2.19. The minimum atomic E-state index is 0.403. The zero-order valence-corrected chi connectivity index (χ0v) is 12.8. The third kappa shape index (κ3) is 2.87. The summed E-state index contributed by atoms with van der Waals surface area (Å²) in [7, 11) is 0. The predicted molar refractivity (Wildman–Crippen MR) is 85.7 cm³/mol. The van der Waals surface area contributed by atoms with Crippen LogP contribution in [0.3, 0.4) is 0 Å². The Bertz CT molecular complexity index is 543. The lowest BCUT2D eigenvalue weighted by Crippen LogP contribution is -2.06. The molecule has 1 unspecified atom stereocenters. The molecule has 0 saturated heterocycles. The van der Waals surface area contributed by atoms with Crippen LogP contribution >= 0.6 is 0 Å². The normalized spacial score (nSPS) is 12.6. The first-order chi connectivity index (χ1) is 9.69. The van der Waals surface area contributed by atoms with E-state index in [-0.39, 0.29) is 0 Å². The molecule has 0 fully saturated rings. The highest BCUT2D eigenvalue weighted by atomic mass is 15.1. The van der Waals surface area contributed by atoms with E-state index in [0.29, 0.717) is 5.92 Å². The van der Waals surface area contributed by atoms with Gasteiger partial charge in [0.2, 0.25) is 0 Å². The second-order valence-corrected chi connectivity index (χ2v) is 5.39. The van der Waals surface area contributed by atoms with E-state index in [1.165, 1.54) is 0 Å². The van der Waals surface area contributed by atoms with Gasteiger partial charge in [-0.2, -0.15) is 0 Å². The maximum absolute atomic E-state index is 6.36. The van der Waals surface area contributed by atoms with Gasteiger partial charge in [0.05, 0.1) is 5.69 Å². The molecule has 2 N–H and O–H groups in total. The second kappa shape index (κ2) is 6.60. The molecule has 3 nitrogen and oxygen atoms in total. The highest BCUT2D eigenvalue weighted by Crippen LogP contribution is 2.30. The van der Waals surface area contributed by atoms with Crippen LogP contribution in [0.25, 0.3) is 11.4 Å². The first kappa shape index (κ1) is 14.6. The Morgan fingerprint density at radius 3 is 2.50 bits per heavy atom. The van der Waals surface area contributed by atoms with Crippen molar-refractivity contribution >= 4 is 5.82 Å². The lowest BCUT2D eigenvalue weighted by molar-refractivity contribution is 0.641. The monoisotopic (exact) mass is 271 g/mol. The zero-order chi connectivity index (χ0) is 14.5. The van der Waals surface area contributed by atoms with E-state index < -0.39 is 0 Å². The SMILES string of the molecule is CCCCn1c(-c2ccccc2)nc(C(C)CC)c1N. The summed E-state index contributed by atoms with van der Waals surface area (Å²) >= 11 is 0. The molecule has 3 heteroatoms. The summed E-state index contributed by atoms with van der Waals surface area (Å²) in [6.45, 7) is 7.51. The third-order valence-electron chi connectivity index (χ3n) is 3.88. The Morgan fingerprint density at radius 2 is 1.90 bits per heavy atom. The maximum Gasteiger partial charge on any atom is 0.141 e. The van der Waals surface area contributed by atoms with E-state index in [1.807, 2.05) is 18.2 Å². The summed E-state index contributed by atoms with van der Waals surface area (Å²) in [5.41, 5.74) is 8.55. The van der Waals surface area contributed by atoms with Crippen LogP contribution < -0.4 is 5.73 Å². The average molecular weight is 271 g/mol. The molecule has 1 heterocycles. The molecule has 0 spiro atoms. The minimum Gasteiger partial charge on any atom is -0.384 e. The van der Waals surface area contributed by atoms with E-state index in [2.05, 4.69) is 37.5 Å². The quantitative estimate of drug-likeness (QED) is 0.843. The van der Waals surface area contributed by atoms with Crippen molar-refractivity contribution in [1.29, 1.82) is 0 Å². The molecule has 0 aliphatic heterocycles. The van der Waals surface area contributed by atoms with Crippen molar-refractivity contribution in [2.24, 2.45) is 0 Å². The third-order valence-corrected chi connectivity index (χ3v) is 3.88. The van der Waals surface area contributed by atoms with Crippen LogP contribution in [0.5, 0.6) is 0 Å². The Hall–Kier alpha value is -1.77. The molecule has 0 amide bonds. The van der Waals surface area contributed by atoms with E-state index in [0.717, 1.165) is 48.7 Å². The molecular formula is C17H25N3. The van der Waals surface area contributed by atoms with Gasteiger partial charge >= 0.3 is 0 Å². The van der Waals surface area contributed by atoms with Gasteiger partial charge in [0.1, 0.15) is 11.6 Å². The van der Waals surface area contributed by atoms with Crippen LogP contribution in [0.15, 0.2) is 30.3 Å². The molecule has 0 saturated carbocycles. The lowest BCUT2D eigenvalue weighted by Gasteiger charge is -2.10. The van der Waals surface area contributed by atoms with Crippen molar-refractivity contribution in [3.8, 4) is 11.4 Å². The van der Waals surface area contributed by atoms with Gasteiger partial charge in [-0.25, -0.2) is 4.98 Å². The van der Waals surface area contributed by atoms with E-state index in [9.17, 15) is 0 Å². The van der Waals surface area contributed by atoms with Crippen molar-refractivity contribution in [1.82, 2.24) is 9.55 Å². The van der Waals surface area contributed by atoms with Crippen molar-refractivity contribution < 1.29 is 0 Å². The summed E-state index contributed by atoms with van der Waals surface area (Å²) in [6.07, 6.45) is 3.34. The fourth-order valence-corrected chi connectivity index (χ4v) is 2.39. The highest BCUT2D eigenvalue weighted by molar-refractivity contribution is 5.61. The minimum absolute atomic E-state index is 0.403. The van der Waals surface area contributed by atoms with Crippen LogP contribution in [-0.4, -0.2) is 9.55 Å². The topological polar surface area (TPSA) is 43.8 Å². The van der Waals surface area contributed by atoms with Gasteiger partial charge in [0.25, 0.3) is 0 Å². The number of hydrogen-bond acceptors (Lipinski definition) is 2. The molecule has 20 heavy (non-hydrogen) atoms. The number of unbranched alkanes of at least 4 members (excludes halogenated alkanes) is 1. The molecule has 108 valence electrons. The molecule has 0 radical (unpaired) electrons. The molecule has 2 aromatic rings. The largest absolute Gasteiger partial charge is 0.384 e. The second-order valence-electron chi connectivity index (χ2n) is 5.39. The van der Waals surface area contributed by atoms with Gasteiger partial charge < -0.3 is 10.3 Å². The first-order valence-electron chi connectivity index (χ1n) is 7.60. The number of nitrogens with two attached hydrogens (primary N) is 1. The van der Waals surface area contributed by atoms with Crippen LogP contribution in [0.2, 0.25) is 0 Å². The van der Waals surface area contributed by atoms with Gasteiger partial charge in [-0.05, 0) is 12.8 Å². The molecule has 0 aliphatic carbocycles. The zero-order valence-electron chi connectivity index (χ0n) is 12.8. The van der Waals surface area contributed by atoms with Gasteiger partial charge in [-0.1, -0.05) is 57.5 Å². The number of nitrogens with zero attached hydrogens (tertiary/aromatic N) is 2. The van der Waals surface area contributed by atoms with Gasteiger partial charge in [-0.15, -0.1) is 0 Å². The number of nitrogen functional groups attached to an aromatic ring is 1. The Morgan fingerprint density at radius 1 is 1.20 bits per heavy atom. The fraction of sp³-hybridized carbons (Fsp3) is 0.471. The van der Waals surface area contributed by atoms with E-state index in [1.54, 1.807) is 0 Å². The fourth-order valence-electron chi connectivity index (χ4n) is 2.39. The van der Waals surface area contributed by atoms with Gasteiger partial charge in [0, 0.05) is 18.0 Å². The van der Waals surface area contributed by atoms with Crippen molar-refractivity contribution in [3.63, 3.8) is 0 Å². The maximum atomic E-state index is 6.36. The van der Waals surface area contributed by atoms with Crippen LogP contribution in [-0.2, 0) is 6.54 Å². The smallest absolute Gasteiger partial charge is 0.141 e. The molecule has 1 aromatic heterocycles. The van der Waals surface area contributed by atoms with Gasteiger partial charge in [0.15, 0.2) is 0 Å². The summed E-state index contributed by atoms with van der Waals surface area (Å²) in [5, 5.41) is 0. The van der Waals surface area contributed by atoms with Gasteiger partial charge in [-0.3, -0.25) is 0 Å². The van der Waals surface area contributed by atoms with Crippen LogP contribution in [0.4, 0.5) is 5.82 Å². The lowest BCUT2D eigenvalue weighted by atomic mass is 10.1. The number of rotatable bonds is 6. The Labute approximate surface area is 121 Å². The summed E-state index contributed by atoms with van der Waals surface area (Å²) in [6, 6.07) is 10.3. The van der Waals surface area contributed by atoms with Crippen LogP contribution in [0, 0.1) is 0 Å². The molecule has 1 aromatic carbocycles. The number of anilines is 1. The number of imidazole rings is 1. The number of aromatic nitrogens is 2. The Balaban J connectivity index is 2.48. The Kier molecular flexibility index (Phi) is 4.83. The number of benzene rings is 1. The molecule has 0 bridgehead atoms. The first-order valence-corrected chi connectivity index (χ1v) is 7.60. The summed E-state index contributed by atoms with van der Waals surface area (Å²) in [4.78, 5) is 4.84. The molecule has 0 aliphatic rings. The van der Waals surface area contributed by atoms with Crippen LogP contribution in [0.1, 0.15) is 51.6 Å². The standard InChI is InChI=1S/C17H25N3/c1-4-6-12-20-16(18)15(13(3)5-2)19-17(20)14-10-8-7-9-11-14/h7-11,13H,4-6,12,18H2,1-3H3. The van der Waals surface area contributed by atoms with Crippen molar-refractivity contribution in [2.45, 2.75) is 52.5 Å². The van der Waals surface area contributed by atoms with Crippen molar-refractivity contribution in [3.05, 3.63) is 36.0 Å². The predicted octanol–water partition coefficient (Wildman–Crippen LogP) is 4.45. The molecule has 2 rings (SSSR count).